The first-order chi connectivity index (χ1) is 9.75. The number of nitrogens with two attached hydrogens (primary N) is 1. The molecule has 3 saturated heterocycles. The third-order valence-corrected chi connectivity index (χ3v) is 6.04. The minimum Gasteiger partial charge on any atom is -0.381 e. The van der Waals surface area contributed by atoms with Gasteiger partial charge in [0.15, 0.2) is 0 Å². The van der Waals surface area contributed by atoms with Gasteiger partial charge in [-0.05, 0) is 58.0 Å². The first-order valence-electron chi connectivity index (χ1n) is 8.48. The average molecular weight is 281 g/mol. The zero-order valence-electron chi connectivity index (χ0n) is 13.0. The highest BCUT2D eigenvalue weighted by Gasteiger charge is 2.42. The number of hydrogen-bond donors (Lipinski definition) is 1. The van der Waals surface area contributed by atoms with E-state index in [1.807, 2.05) is 0 Å². The van der Waals surface area contributed by atoms with E-state index in [1.54, 1.807) is 0 Å². The zero-order chi connectivity index (χ0) is 14.0. The summed E-state index contributed by atoms with van der Waals surface area (Å²) in [4.78, 5) is 5.33. The molecule has 0 aliphatic carbocycles. The van der Waals surface area contributed by atoms with Crippen LogP contribution in [0, 0.1) is 5.92 Å². The third-order valence-electron chi connectivity index (χ3n) is 6.04. The van der Waals surface area contributed by atoms with Crippen molar-refractivity contribution >= 4 is 0 Å². The summed E-state index contributed by atoms with van der Waals surface area (Å²) in [7, 11) is 2.31. The molecule has 3 atom stereocenters. The summed E-state index contributed by atoms with van der Waals surface area (Å²) in [5.74, 6) is 0.857. The lowest BCUT2D eigenvalue weighted by molar-refractivity contribution is -0.0217. The maximum absolute atomic E-state index is 6.23. The number of piperidine rings is 2. The van der Waals surface area contributed by atoms with Gasteiger partial charge in [0.05, 0.1) is 0 Å². The quantitative estimate of drug-likeness (QED) is 0.828. The van der Waals surface area contributed by atoms with Gasteiger partial charge in [-0.3, -0.25) is 4.90 Å². The second-order valence-electron chi connectivity index (χ2n) is 7.08. The van der Waals surface area contributed by atoms with Crippen LogP contribution in [0.25, 0.3) is 0 Å². The van der Waals surface area contributed by atoms with E-state index in [-0.39, 0.29) is 5.54 Å². The molecule has 0 amide bonds. The molecular formula is C16H31N3O. The highest BCUT2D eigenvalue weighted by atomic mass is 16.5. The Kier molecular flexibility index (Phi) is 4.65. The van der Waals surface area contributed by atoms with Crippen LogP contribution in [0.2, 0.25) is 0 Å². The van der Waals surface area contributed by atoms with Crippen LogP contribution >= 0.6 is 0 Å². The SMILES string of the molecule is CN1CCCC2CN(C3(CN)CCCOCC3)CCC21. The number of hydrogen-bond acceptors (Lipinski definition) is 4. The van der Waals surface area contributed by atoms with Crippen molar-refractivity contribution in [2.24, 2.45) is 11.7 Å². The molecule has 3 aliphatic heterocycles. The molecule has 3 heterocycles. The van der Waals surface area contributed by atoms with E-state index in [4.69, 9.17) is 10.5 Å². The van der Waals surface area contributed by atoms with E-state index in [1.165, 1.54) is 51.7 Å². The molecule has 2 N–H and O–H groups in total. The monoisotopic (exact) mass is 281 g/mol. The first-order valence-corrected chi connectivity index (χ1v) is 8.48. The fraction of sp³-hybridized carbons (Fsp3) is 1.00. The lowest BCUT2D eigenvalue weighted by atomic mass is 9.79. The van der Waals surface area contributed by atoms with E-state index in [0.29, 0.717) is 0 Å². The molecule has 0 radical (unpaired) electrons. The Morgan fingerprint density at radius 3 is 2.90 bits per heavy atom. The van der Waals surface area contributed by atoms with E-state index < -0.39 is 0 Å². The van der Waals surface area contributed by atoms with Crippen molar-refractivity contribution in [3.05, 3.63) is 0 Å². The van der Waals surface area contributed by atoms with Crippen molar-refractivity contribution in [2.45, 2.75) is 50.1 Å². The molecule has 4 nitrogen and oxygen atoms in total. The van der Waals surface area contributed by atoms with Gasteiger partial charge in [-0.2, -0.15) is 0 Å². The molecule has 0 aromatic rings. The minimum absolute atomic E-state index is 0.220. The fourth-order valence-electron chi connectivity index (χ4n) is 4.73. The molecule has 3 unspecified atom stereocenters. The maximum Gasteiger partial charge on any atom is 0.0484 e. The highest BCUT2D eigenvalue weighted by Crippen LogP contribution is 2.36. The summed E-state index contributed by atoms with van der Waals surface area (Å²) in [5.41, 5.74) is 6.45. The topological polar surface area (TPSA) is 41.7 Å². The first kappa shape index (κ1) is 14.8. The van der Waals surface area contributed by atoms with Gasteiger partial charge < -0.3 is 15.4 Å². The second-order valence-corrected chi connectivity index (χ2v) is 7.08. The van der Waals surface area contributed by atoms with Crippen LogP contribution in [-0.2, 0) is 4.74 Å². The van der Waals surface area contributed by atoms with Gasteiger partial charge in [0.2, 0.25) is 0 Å². The van der Waals surface area contributed by atoms with Crippen LogP contribution < -0.4 is 5.73 Å². The van der Waals surface area contributed by atoms with E-state index in [0.717, 1.165) is 38.1 Å². The van der Waals surface area contributed by atoms with Crippen molar-refractivity contribution in [3.8, 4) is 0 Å². The summed E-state index contributed by atoms with van der Waals surface area (Å²) < 4.78 is 5.68. The van der Waals surface area contributed by atoms with Crippen molar-refractivity contribution in [2.75, 3.05) is 46.4 Å². The molecule has 3 rings (SSSR count). The molecule has 0 aromatic heterocycles. The maximum atomic E-state index is 6.23. The Hall–Kier alpha value is -0.160. The van der Waals surface area contributed by atoms with Crippen LogP contribution in [0.4, 0.5) is 0 Å². The van der Waals surface area contributed by atoms with Gasteiger partial charge in [-0.15, -0.1) is 0 Å². The number of fused-ring (bicyclic) bond motifs is 1. The Morgan fingerprint density at radius 2 is 2.05 bits per heavy atom. The summed E-state index contributed by atoms with van der Waals surface area (Å²) in [6.45, 7) is 6.38. The van der Waals surface area contributed by atoms with Gasteiger partial charge >= 0.3 is 0 Å². The predicted octanol–water partition coefficient (Wildman–Crippen LogP) is 1.30. The Morgan fingerprint density at radius 1 is 1.15 bits per heavy atom. The molecule has 116 valence electrons. The van der Waals surface area contributed by atoms with Gasteiger partial charge in [-0.1, -0.05) is 0 Å². The Bertz CT molecular complexity index is 315. The Balaban J connectivity index is 1.70. The minimum atomic E-state index is 0.220. The zero-order valence-corrected chi connectivity index (χ0v) is 13.0. The predicted molar refractivity (Wildman–Crippen MR) is 81.8 cm³/mol. The van der Waals surface area contributed by atoms with Crippen LogP contribution in [0.3, 0.4) is 0 Å². The smallest absolute Gasteiger partial charge is 0.0484 e. The fourth-order valence-corrected chi connectivity index (χ4v) is 4.73. The number of likely N-dealkylation sites (tertiary alicyclic amines) is 2. The number of nitrogens with zero attached hydrogens (tertiary/aromatic N) is 2. The molecule has 20 heavy (non-hydrogen) atoms. The summed E-state index contributed by atoms with van der Waals surface area (Å²) in [6.07, 6.45) is 7.60. The molecule has 0 spiro atoms. The molecule has 3 aliphatic rings. The van der Waals surface area contributed by atoms with Crippen LogP contribution in [0.15, 0.2) is 0 Å². The van der Waals surface area contributed by atoms with Gasteiger partial charge in [-0.25, -0.2) is 0 Å². The molecule has 0 saturated carbocycles. The van der Waals surface area contributed by atoms with Crippen molar-refractivity contribution < 1.29 is 4.74 Å². The van der Waals surface area contributed by atoms with Crippen LogP contribution in [-0.4, -0.2) is 67.8 Å². The summed E-state index contributed by atoms with van der Waals surface area (Å²) in [5, 5.41) is 0. The van der Waals surface area contributed by atoms with Crippen molar-refractivity contribution in [1.29, 1.82) is 0 Å². The van der Waals surface area contributed by atoms with Crippen molar-refractivity contribution in [3.63, 3.8) is 0 Å². The Labute approximate surface area is 123 Å². The lowest BCUT2D eigenvalue weighted by Crippen LogP contribution is -2.61. The summed E-state index contributed by atoms with van der Waals surface area (Å²) in [6, 6.07) is 0.817. The number of rotatable bonds is 2. The van der Waals surface area contributed by atoms with Gasteiger partial charge in [0.25, 0.3) is 0 Å². The standard InChI is InChI=1S/C16H31N3O/c1-18-8-2-4-14-12-19(9-5-15(14)18)16(13-17)6-3-10-20-11-7-16/h14-15H,2-13,17H2,1H3. The van der Waals surface area contributed by atoms with Crippen LogP contribution in [0.5, 0.6) is 0 Å². The molecule has 0 aromatic carbocycles. The normalized spacial score (nSPS) is 41.1. The lowest BCUT2D eigenvalue weighted by Gasteiger charge is -2.52. The van der Waals surface area contributed by atoms with Gasteiger partial charge in [0, 0.05) is 44.4 Å². The van der Waals surface area contributed by atoms with E-state index in [9.17, 15) is 0 Å². The van der Waals surface area contributed by atoms with E-state index >= 15 is 0 Å². The van der Waals surface area contributed by atoms with Gasteiger partial charge in [0.1, 0.15) is 0 Å². The van der Waals surface area contributed by atoms with Crippen LogP contribution in [0.1, 0.15) is 38.5 Å². The third kappa shape index (κ3) is 2.76. The van der Waals surface area contributed by atoms with E-state index in [2.05, 4.69) is 16.8 Å². The molecular weight excluding hydrogens is 250 g/mol. The summed E-state index contributed by atoms with van der Waals surface area (Å²) >= 11 is 0. The molecule has 4 heteroatoms. The van der Waals surface area contributed by atoms with Crippen molar-refractivity contribution in [1.82, 2.24) is 9.80 Å². The molecule has 3 fully saturated rings. The second kappa shape index (κ2) is 6.30. The highest BCUT2D eigenvalue weighted by molar-refractivity contribution is 4.99. The largest absolute Gasteiger partial charge is 0.381 e. The number of ether oxygens (including phenoxy) is 1. The molecule has 0 bridgehead atoms. The average Bonchev–Trinajstić information content (AvgIpc) is 2.73.